The molecule has 0 aromatic rings. The Bertz CT molecular complexity index is 150. The number of carbonyl (C=O) groups is 1. The first-order valence-corrected chi connectivity index (χ1v) is 4.62. The van der Waals surface area contributed by atoms with E-state index in [-0.39, 0.29) is 18.1 Å². The third kappa shape index (κ3) is 4.24. The van der Waals surface area contributed by atoms with Crippen molar-refractivity contribution in [2.24, 2.45) is 0 Å². The molecule has 0 bridgehead atoms. The molecule has 0 aromatic heterocycles. The van der Waals surface area contributed by atoms with E-state index < -0.39 is 0 Å². The van der Waals surface area contributed by atoms with E-state index in [1.54, 1.807) is 0 Å². The molecule has 1 rings (SSSR count). The quantitative estimate of drug-likeness (QED) is 0.656. The van der Waals surface area contributed by atoms with E-state index in [9.17, 15) is 4.79 Å². The van der Waals surface area contributed by atoms with Crippen LogP contribution in [0.4, 0.5) is 0 Å². The Balaban J connectivity index is 0.000000671. The standard InChI is InChI=1S/C8H15NO2.CH4O/c1-3-9-8(10)7-5-4-6(2)11-7;1-2/h6-7H,3-5H2,1-2H3,(H,9,10);2H,1H3. The molecular formula is C9H19NO3. The summed E-state index contributed by atoms with van der Waals surface area (Å²) in [6, 6.07) is 0. The van der Waals surface area contributed by atoms with Gasteiger partial charge in [0.05, 0.1) is 6.10 Å². The molecule has 78 valence electrons. The van der Waals surface area contributed by atoms with Gasteiger partial charge in [0.25, 0.3) is 0 Å². The topological polar surface area (TPSA) is 58.6 Å². The summed E-state index contributed by atoms with van der Waals surface area (Å²) in [6.07, 6.45) is 1.93. The second-order valence-electron chi connectivity index (χ2n) is 2.91. The highest BCUT2D eigenvalue weighted by molar-refractivity contribution is 5.80. The van der Waals surface area contributed by atoms with Crippen LogP contribution in [0.2, 0.25) is 0 Å². The maximum absolute atomic E-state index is 11.2. The lowest BCUT2D eigenvalue weighted by Crippen LogP contribution is -2.34. The minimum Gasteiger partial charge on any atom is -0.400 e. The Morgan fingerprint density at radius 3 is 2.54 bits per heavy atom. The number of ether oxygens (including phenoxy) is 1. The second kappa shape index (κ2) is 6.86. The Hall–Kier alpha value is -0.610. The zero-order valence-electron chi connectivity index (χ0n) is 8.54. The number of amides is 1. The number of likely N-dealkylation sites (N-methyl/N-ethyl adjacent to an activating group) is 1. The summed E-state index contributed by atoms with van der Waals surface area (Å²) in [4.78, 5) is 11.2. The van der Waals surface area contributed by atoms with E-state index in [0.717, 1.165) is 20.0 Å². The molecule has 1 amide bonds. The van der Waals surface area contributed by atoms with E-state index in [1.165, 1.54) is 0 Å². The minimum atomic E-state index is -0.190. The average molecular weight is 189 g/mol. The van der Waals surface area contributed by atoms with Crippen LogP contribution in [0.25, 0.3) is 0 Å². The van der Waals surface area contributed by atoms with E-state index in [4.69, 9.17) is 9.84 Å². The molecule has 0 spiro atoms. The Morgan fingerprint density at radius 2 is 2.15 bits per heavy atom. The van der Waals surface area contributed by atoms with Gasteiger partial charge in [0.2, 0.25) is 5.91 Å². The molecule has 2 atom stereocenters. The van der Waals surface area contributed by atoms with Crippen LogP contribution in [0.15, 0.2) is 0 Å². The average Bonchev–Trinajstić information content (AvgIpc) is 2.56. The molecule has 0 radical (unpaired) electrons. The molecule has 1 fully saturated rings. The van der Waals surface area contributed by atoms with Crippen LogP contribution in [0.5, 0.6) is 0 Å². The second-order valence-corrected chi connectivity index (χ2v) is 2.91. The van der Waals surface area contributed by atoms with Crippen molar-refractivity contribution in [1.82, 2.24) is 5.32 Å². The molecule has 2 N–H and O–H groups in total. The maximum Gasteiger partial charge on any atom is 0.249 e. The van der Waals surface area contributed by atoms with Gasteiger partial charge in [-0.05, 0) is 26.7 Å². The first kappa shape index (κ1) is 12.4. The molecule has 13 heavy (non-hydrogen) atoms. The minimum absolute atomic E-state index is 0.0388. The highest BCUT2D eigenvalue weighted by Gasteiger charge is 2.27. The number of hydrogen-bond donors (Lipinski definition) is 2. The van der Waals surface area contributed by atoms with E-state index in [2.05, 4.69) is 5.32 Å². The number of hydrogen-bond acceptors (Lipinski definition) is 3. The largest absolute Gasteiger partial charge is 0.400 e. The van der Waals surface area contributed by atoms with Crippen molar-refractivity contribution in [2.75, 3.05) is 13.7 Å². The Labute approximate surface area is 79.3 Å². The van der Waals surface area contributed by atoms with Gasteiger partial charge in [-0.25, -0.2) is 0 Å². The SMILES string of the molecule is CCNC(=O)C1CCC(C)O1.CO. The molecule has 2 unspecified atom stereocenters. The van der Waals surface area contributed by atoms with Crippen LogP contribution in [0, 0.1) is 0 Å². The van der Waals surface area contributed by atoms with Gasteiger partial charge in [-0.1, -0.05) is 0 Å². The summed E-state index contributed by atoms with van der Waals surface area (Å²) < 4.78 is 5.36. The van der Waals surface area contributed by atoms with Crippen LogP contribution in [-0.4, -0.2) is 36.9 Å². The van der Waals surface area contributed by atoms with Gasteiger partial charge in [-0.15, -0.1) is 0 Å². The van der Waals surface area contributed by atoms with Crippen molar-refractivity contribution in [3.05, 3.63) is 0 Å². The lowest BCUT2D eigenvalue weighted by Gasteiger charge is -2.09. The molecule has 1 saturated heterocycles. The van der Waals surface area contributed by atoms with Crippen molar-refractivity contribution in [2.45, 2.75) is 38.9 Å². The van der Waals surface area contributed by atoms with E-state index >= 15 is 0 Å². The third-order valence-electron chi connectivity index (χ3n) is 1.88. The number of aliphatic hydroxyl groups is 1. The predicted octanol–water partition coefficient (Wildman–Crippen LogP) is 0.299. The Kier molecular flexibility index (Phi) is 6.54. The van der Waals surface area contributed by atoms with Crippen molar-refractivity contribution in [3.8, 4) is 0 Å². The van der Waals surface area contributed by atoms with Gasteiger partial charge in [0, 0.05) is 13.7 Å². The molecular weight excluding hydrogens is 170 g/mol. The third-order valence-corrected chi connectivity index (χ3v) is 1.88. The molecule has 4 heteroatoms. The molecule has 0 saturated carbocycles. The van der Waals surface area contributed by atoms with Crippen molar-refractivity contribution in [1.29, 1.82) is 0 Å². The zero-order chi connectivity index (χ0) is 10.3. The molecule has 4 nitrogen and oxygen atoms in total. The summed E-state index contributed by atoms with van der Waals surface area (Å²) in [5.41, 5.74) is 0. The molecule has 1 aliphatic rings. The van der Waals surface area contributed by atoms with Crippen LogP contribution in [0.1, 0.15) is 26.7 Å². The van der Waals surface area contributed by atoms with Gasteiger partial charge in [0.15, 0.2) is 0 Å². The summed E-state index contributed by atoms with van der Waals surface area (Å²) in [6.45, 7) is 4.60. The summed E-state index contributed by atoms with van der Waals surface area (Å²) >= 11 is 0. The maximum atomic E-state index is 11.2. The number of rotatable bonds is 2. The predicted molar refractivity (Wildman–Crippen MR) is 50.4 cm³/mol. The number of aliphatic hydroxyl groups excluding tert-OH is 1. The normalized spacial score (nSPS) is 26.2. The fourth-order valence-electron chi connectivity index (χ4n) is 1.28. The highest BCUT2D eigenvalue weighted by Crippen LogP contribution is 2.18. The highest BCUT2D eigenvalue weighted by atomic mass is 16.5. The van der Waals surface area contributed by atoms with Gasteiger partial charge < -0.3 is 15.2 Å². The molecule has 1 heterocycles. The first-order chi connectivity index (χ1) is 6.24. The van der Waals surface area contributed by atoms with Gasteiger partial charge in [-0.2, -0.15) is 0 Å². The van der Waals surface area contributed by atoms with Crippen LogP contribution in [0.3, 0.4) is 0 Å². The van der Waals surface area contributed by atoms with Crippen LogP contribution < -0.4 is 5.32 Å². The summed E-state index contributed by atoms with van der Waals surface area (Å²) in [7, 11) is 1.00. The summed E-state index contributed by atoms with van der Waals surface area (Å²) in [5.74, 6) is 0.0388. The van der Waals surface area contributed by atoms with Gasteiger partial charge in [-0.3, -0.25) is 4.79 Å². The molecule has 1 aliphatic heterocycles. The fraction of sp³-hybridized carbons (Fsp3) is 0.889. The number of carbonyl (C=O) groups excluding carboxylic acids is 1. The zero-order valence-corrected chi connectivity index (χ0v) is 8.54. The molecule has 0 aliphatic carbocycles. The van der Waals surface area contributed by atoms with E-state index in [0.29, 0.717) is 6.54 Å². The van der Waals surface area contributed by atoms with E-state index in [1.807, 2.05) is 13.8 Å². The fourth-order valence-corrected chi connectivity index (χ4v) is 1.28. The van der Waals surface area contributed by atoms with Crippen molar-refractivity contribution < 1.29 is 14.6 Å². The Morgan fingerprint density at radius 1 is 1.54 bits per heavy atom. The summed E-state index contributed by atoms with van der Waals surface area (Å²) in [5, 5.41) is 9.74. The molecule has 0 aromatic carbocycles. The van der Waals surface area contributed by atoms with Gasteiger partial charge >= 0.3 is 0 Å². The van der Waals surface area contributed by atoms with Crippen molar-refractivity contribution in [3.63, 3.8) is 0 Å². The number of nitrogens with one attached hydrogen (secondary N) is 1. The first-order valence-electron chi connectivity index (χ1n) is 4.62. The lowest BCUT2D eigenvalue weighted by molar-refractivity contribution is -0.131. The van der Waals surface area contributed by atoms with Crippen LogP contribution >= 0.6 is 0 Å². The van der Waals surface area contributed by atoms with Crippen LogP contribution in [-0.2, 0) is 9.53 Å². The van der Waals surface area contributed by atoms with Gasteiger partial charge in [0.1, 0.15) is 6.10 Å². The monoisotopic (exact) mass is 189 g/mol. The smallest absolute Gasteiger partial charge is 0.249 e. The van der Waals surface area contributed by atoms with Crippen molar-refractivity contribution >= 4 is 5.91 Å². The lowest BCUT2D eigenvalue weighted by atomic mass is 10.2.